The van der Waals surface area contributed by atoms with E-state index in [0.29, 0.717) is 17.8 Å². The van der Waals surface area contributed by atoms with Gasteiger partial charge in [0, 0.05) is 12.7 Å². The second-order valence-corrected chi connectivity index (χ2v) is 4.65. The molecule has 1 heterocycles. The Kier molecular flexibility index (Phi) is 4.69. The van der Waals surface area contributed by atoms with Crippen molar-refractivity contribution in [3.8, 4) is 0 Å². The number of carbonyl (C=O) groups is 1. The Morgan fingerprint density at radius 3 is 2.80 bits per heavy atom. The van der Waals surface area contributed by atoms with Crippen molar-refractivity contribution in [2.75, 3.05) is 11.4 Å². The van der Waals surface area contributed by atoms with E-state index in [2.05, 4.69) is 4.98 Å². The standard InChI is InChI=1S/C15H14ClFN2O/c1-2-19(12-6-4-8-18-10-12)14(20)9-11-5-3-7-13(16)15(11)17/h3-8,10H,2,9H2,1H3. The summed E-state index contributed by atoms with van der Waals surface area (Å²) in [4.78, 5) is 17.8. The third-order valence-electron chi connectivity index (χ3n) is 2.95. The molecule has 5 heteroatoms. The first-order chi connectivity index (χ1) is 9.63. The molecular formula is C15H14ClFN2O. The van der Waals surface area contributed by atoms with E-state index in [0.717, 1.165) is 0 Å². The molecule has 3 nitrogen and oxygen atoms in total. The molecule has 2 aromatic rings. The zero-order valence-electron chi connectivity index (χ0n) is 11.0. The van der Waals surface area contributed by atoms with Crippen LogP contribution in [-0.4, -0.2) is 17.4 Å². The van der Waals surface area contributed by atoms with Crippen molar-refractivity contribution >= 4 is 23.2 Å². The third-order valence-corrected chi connectivity index (χ3v) is 3.24. The summed E-state index contributed by atoms with van der Waals surface area (Å²) in [6, 6.07) is 8.21. The summed E-state index contributed by atoms with van der Waals surface area (Å²) in [6.07, 6.45) is 3.21. The van der Waals surface area contributed by atoms with Crippen molar-refractivity contribution in [1.29, 1.82) is 0 Å². The first kappa shape index (κ1) is 14.5. The SMILES string of the molecule is CCN(C(=O)Cc1cccc(Cl)c1F)c1cccnc1. The van der Waals surface area contributed by atoms with E-state index in [-0.39, 0.29) is 17.4 Å². The minimum Gasteiger partial charge on any atom is -0.311 e. The van der Waals surface area contributed by atoms with E-state index in [1.54, 1.807) is 41.6 Å². The topological polar surface area (TPSA) is 33.2 Å². The fraction of sp³-hybridized carbons (Fsp3) is 0.200. The summed E-state index contributed by atoms with van der Waals surface area (Å²) in [5.74, 6) is -0.730. The van der Waals surface area contributed by atoms with Crippen molar-refractivity contribution in [2.24, 2.45) is 0 Å². The number of rotatable bonds is 4. The molecule has 0 unspecified atom stereocenters. The number of hydrogen-bond donors (Lipinski definition) is 0. The highest BCUT2D eigenvalue weighted by molar-refractivity contribution is 6.30. The van der Waals surface area contributed by atoms with Crippen LogP contribution in [0.1, 0.15) is 12.5 Å². The van der Waals surface area contributed by atoms with Gasteiger partial charge in [-0.25, -0.2) is 4.39 Å². The van der Waals surface area contributed by atoms with Gasteiger partial charge < -0.3 is 4.90 Å². The molecule has 0 radical (unpaired) electrons. The highest BCUT2D eigenvalue weighted by Gasteiger charge is 2.17. The monoisotopic (exact) mass is 292 g/mol. The van der Waals surface area contributed by atoms with Gasteiger partial charge in [0.15, 0.2) is 0 Å². The Balaban J connectivity index is 2.20. The molecular weight excluding hydrogens is 279 g/mol. The van der Waals surface area contributed by atoms with Gasteiger partial charge in [-0.2, -0.15) is 0 Å². The molecule has 0 fully saturated rings. The molecule has 0 bridgehead atoms. The minimum atomic E-state index is -0.537. The lowest BCUT2D eigenvalue weighted by atomic mass is 10.1. The molecule has 2 rings (SSSR count). The van der Waals surface area contributed by atoms with Crippen LogP contribution in [-0.2, 0) is 11.2 Å². The van der Waals surface area contributed by atoms with Gasteiger partial charge in [-0.05, 0) is 30.7 Å². The lowest BCUT2D eigenvalue weighted by Gasteiger charge is -2.20. The number of likely N-dealkylation sites (N-methyl/N-ethyl adjacent to an activating group) is 1. The third kappa shape index (κ3) is 3.14. The lowest BCUT2D eigenvalue weighted by Crippen LogP contribution is -2.32. The van der Waals surface area contributed by atoms with Gasteiger partial charge in [0.05, 0.1) is 23.3 Å². The van der Waals surface area contributed by atoms with Crippen molar-refractivity contribution in [3.63, 3.8) is 0 Å². The highest BCUT2D eigenvalue weighted by Crippen LogP contribution is 2.20. The van der Waals surface area contributed by atoms with Crippen LogP contribution in [0.25, 0.3) is 0 Å². The van der Waals surface area contributed by atoms with Crippen LogP contribution in [0.2, 0.25) is 5.02 Å². The van der Waals surface area contributed by atoms with Crippen molar-refractivity contribution < 1.29 is 9.18 Å². The smallest absolute Gasteiger partial charge is 0.231 e. The van der Waals surface area contributed by atoms with Crippen LogP contribution < -0.4 is 4.90 Å². The molecule has 1 amide bonds. The number of nitrogens with zero attached hydrogens (tertiary/aromatic N) is 2. The second-order valence-electron chi connectivity index (χ2n) is 4.24. The zero-order chi connectivity index (χ0) is 14.5. The maximum absolute atomic E-state index is 13.8. The second kappa shape index (κ2) is 6.48. The first-order valence-electron chi connectivity index (χ1n) is 6.26. The van der Waals surface area contributed by atoms with Gasteiger partial charge in [0.2, 0.25) is 5.91 Å². The van der Waals surface area contributed by atoms with E-state index in [4.69, 9.17) is 11.6 Å². The van der Waals surface area contributed by atoms with Gasteiger partial charge in [-0.3, -0.25) is 9.78 Å². The number of anilines is 1. The van der Waals surface area contributed by atoms with E-state index in [1.807, 2.05) is 6.92 Å². The minimum absolute atomic E-state index is 0.0275. The van der Waals surface area contributed by atoms with Crippen LogP contribution in [0.5, 0.6) is 0 Å². The predicted molar refractivity (Wildman–Crippen MR) is 77.4 cm³/mol. The largest absolute Gasteiger partial charge is 0.311 e. The summed E-state index contributed by atoms with van der Waals surface area (Å²) < 4.78 is 13.8. The number of carbonyl (C=O) groups excluding carboxylic acids is 1. The summed E-state index contributed by atoms with van der Waals surface area (Å²) in [6.45, 7) is 2.35. The molecule has 0 aliphatic carbocycles. The molecule has 0 aliphatic rings. The molecule has 0 aliphatic heterocycles. The zero-order valence-corrected chi connectivity index (χ0v) is 11.8. The quantitative estimate of drug-likeness (QED) is 0.864. The Bertz CT molecular complexity index is 604. The number of benzene rings is 1. The molecule has 1 aromatic heterocycles. The number of aromatic nitrogens is 1. The normalized spacial score (nSPS) is 10.3. The van der Waals surface area contributed by atoms with Gasteiger partial charge >= 0.3 is 0 Å². The molecule has 0 spiro atoms. The van der Waals surface area contributed by atoms with Gasteiger partial charge in [0.25, 0.3) is 0 Å². The molecule has 20 heavy (non-hydrogen) atoms. The van der Waals surface area contributed by atoms with Crippen LogP contribution in [0, 0.1) is 5.82 Å². The predicted octanol–water partition coefficient (Wildman–Crippen LogP) is 3.47. The Labute approximate surface area is 122 Å². The van der Waals surface area contributed by atoms with E-state index < -0.39 is 5.82 Å². The number of hydrogen-bond acceptors (Lipinski definition) is 2. The summed E-state index contributed by atoms with van der Waals surface area (Å²) in [7, 11) is 0. The Morgan fingerprint density at radius 2 is 2.15 bits per heavy atom. The highest BCUT2D eigenvalue weighted by atomic mass is 35.5. The fourth-order valence-corrected chi connectivity index (χ4v) is 2.15. The Morgan fingerprint density at radius 1 is 1.35 bits per heavy atom. The molecule has 0 saturated heterocycles. The Hall–Kier alpha value is -1.94. The molecule has 0 N–H and O–H groups in total. The maximum Gasteiger partial charge on any atom is 0.231 e. The van der Waals surface area contributed by atoms with Crippen molar-refractivity contribution in [2.45, 2.75) is 13.3 Å². The summed E-state index contributed by atoms with van der Waals surface area (Å²) in [5.41, 5.74) is 0.993. The lowest BCUT2D eigenvalue weighted by molar-refractivity contribution is -0.118. The molecule has 0 atom stereocenters. The fourth-order valence-electron chi connectivity index (χ4n) is 1.96. The van der Waals surface area contributed by atoms with Crippen LogP contribution in [0.15, 0.2) is 42.7 Å². The van der Waals surface area contributed by atoms with Gasteiger partial charge in [-0.15, -0.1) is 0 Å². The van der Waals surface area contributed by atoms with Crippen LogP contribution in [0.4, 0.5) is 10.1 Å². The van der Waals surface area contributed by atoms with Crippen molar-refractivity contribution in [1.82, 2.24) is 4.98 Å². The number of amides is 1. The van der Waals surface area contributed by atoms with E-state index in [1.165, 1.54) is 6.07 Å². The summed E-state index contributed by atoms with van der Waals surface area (Å²) in [5, 5.41) is 0.0275. The number of pyridine rings is 1. The molecule has 0 saturated carbocycles. The van der Waals surface area contributed by atoms with Crippen molar-refractivity contribution in [3.05, 3.63) is 59.1 Å². The van der Waals surface area contributed by atoms with E-state index >= 15 is 0 Å². The van der Waals surface area contributed by atoms with E-state index in [9.17, 15) is 9.18 Å². The van der Waals surface area contributed by atoms with Gasteiger partial charge in [-0.1, -0.05) is 23.7 Å². The average Bonchev–Trinajstić information content (AvgIpc) is 2.46. The first-order valence-corrected chi connectivity index (χ1v) is 6.64. The number of halogens is 2. The summed E-state index contributed by atoms with van der Waals surface area (Å²) >= 11 is 5.72. The molecule has 1 aromatic carbocycles. The van der Waals surface area contributed by atoms with Gasteiger partial charge in [0.1, 0.15) is 5.82 Å². The maximum atomic E-state index is 13.8. The van der Waals surface area contributed by atoms with Crippen LogP contribution >= 0.6 is 11.6 Å². The average molecular weight is 293 g/mol. The van der Waals surface area contributed by atoms with Crippen LogP contribution in [0.3, 0.4) is 0 Å². The molecule has 104 valence electrons.